The summed E-state index contributed by atoms with van der Waals surface area (Å²) in [4.78, 5) is 0. The van der Waals surface area contributed by atoms with E-state index in [4.69, 9.17) is 17.3 Å². The largest absolute Gasteiger partial charge is 0.330 e. The Balaban J connectivity index is 3.12. The van der Waals surface area contributed by atoms with Crippen molar-refractivity contribution in [2.75, 3.05) is 6.54 Å². The van der Waals surface area contributed by atoms with Crippen molar-refractivity contribution in [3.63, 3.8) is 0 Å². The molecule has 2 N–H and O–H groups in total. The van der Waals surface area contributed by atoms with Gasteiger partial charge in [0.25, 0.3) is 5.92 Å². The molecule has 0 unspecified atom stereocenters. The molecule has 1 nitrogen and oxygen atoms in total. The van der Waals surface area contributed by atoms with Gasteiger partial charge in [-0.3, -0.25) is 0 Å². The van der Waals surface area contributed by atoms with Crippen LogP contribution >= 0.6 is 11.6 Å². The van der Waals surface area contributed by atoms with Gasteiger partial charge in [-0.25, -0.2) is 13.2 Å². The predicted octanol–water partition coefficient (Wildman–Crippen LogP) is 2.92. The van der Waals surface area contributed by atoms with Crippen molar-refractivity contribution in [2.24, 2.45) is 5.73 Å². The van der Waals surface area contributed by atoms with Crippen LogP contribution in [0.25, 0.3) is 0 Å². The van der Waals surface area contributed by atoms with Crippen LogP contribution in [0.15, 0.2) is 18.2 Å². The summed E-state index contributed by atoms with van der Waals surface area (Å²) >= 11 is 5.42. The van der Waals surface area contributed by atoms with E-state index < -0.39 is 28.7 Å². The molecule has 0 saturated carbocycles. The molecule has 0 aliphatic heterocycles. The van der Waals surface area contributed by atoms with E-state index in [2.05, 4.69) is 0 Å². The van der Waals surface area contributed by atoms with Crippen molar-refractivity contribution in [1.29, 1.82) is 0 Å². The third-order valence-electron chi connectivity index (χ3n) is 1.80. The fourth-order valence-corrected chi connectivity index (χ4v) is 1.37. The third kappa shape index (κ3) is 2.19. The minimum Gasteiger partial charge on any atom is -0.330 e. The molecular weight excluding hydrogens is 215 g/mol. The lowest BCUT2D eigenvalue weighted by molar-refractivity contribution is -0.0108. The van der Waals surface area contributed by atoms with Gasteiger partial charge in [0.1, 0.15) is 5.82 Å². The molecule has 0 radical (unpaired) electrons. The summed E-state index contributed by atoms with van der Waals surface area (Å²) in [6.07, 6.45) is -0.545. The van der Waals surface area contributed by atoms with E-state index in [1.54, 1.807) is 0 Å². The second-order valence-corrected chi connectivity index (χ2v) is 3.22. The predicted molar refractivity (Wildman–Crippen MR) is 49.0 cm³/mol. The van der Waals surface area contributed by atoms with Gasteiger partial charge in [-0.15, -0.1) is 0 Å². The second kappa shape index (κ2) is 4.19. The van der Waals surface area contributed by atoms with E-state index in [0.717, 1.165) is 12.1 Å². The normalized spacial score (nSPS) is 11.8. The van der Waals surface area contributed by atoms with Crippen LogP contribution < -0.4 is 5.73 Å². The minimum absolute atomic E-state index is 0.181. The highest BCUT2D eigenvalue weighted by Gasteiger charge is 2.33. The highest BCUT2D eigenvalue weighted by atomic mass is 35.5. The summed E-state index contributed by atoms with van der Waals surface area (Å²) in [5, 5.41) is -0.536. The Bertz CT molecular complexity index is 328. The molecule has 0 spiro atoms. The quantitative estimate of drug-likeness (QED) is 0.838. The van der Waals surface area contributed by atoms with Crippen molar-refractivity contribution < 1.29 is 13.2 Å². The summed E-state index contributed by atoms with van der Waals surface area (Å²) in [6.45, 7) is -0.181. The molecule has 0 atom stereocenters. The zero-order valence-corrected chi connectivity index (χ0v) is 7.99. The fourth-order valence-electron chi connectivity index (χ4n) is 1.10. The molecule has 0 bridgehead atoms. The van der Waals surface area contributed by atoms with Crippen molar-refractivity contribution >= 4 is 11.6 Å². The first-order chi connectivity index (χ1) is 6.49. The number of hydrogen-bond acceptors (Lipinski definition) is 1. The second-order valence-electron chi connectivity index (χ2n) is 2.84. The van der Waals surface area contributed by atoms with E-state index in [0.29, 0.717) is 0 Å². The van der Waals surface area contributed by atoms with Gasteiger partial charge < -0.3 is 5.73 Å². The molecule has 1 aromatic rings. The van der Waals surface area contributed by atoms with Gasteiger partial charge in [-0.05, 0) is 12.6 Å². The molecule has 14 heavy (non-hydrogen) atoms. The molecule has 0 aromatic heterocycles. The van der Waals surface area contributed by atoms with Gasteiger partial charge in [0, 0.05) is 12.0 Å². The number of benzene rings is 1. The molecular formula is C9H9ClF3N. The maximum atomic E-state index is 13.3. The van der Waals surface area contributed by atoms with E-state index in [1.807, 2.05) is 0 Å². The summed E-state index contributed by atoms with van der Waals surface area (Å²) in [5.74, 6) is -4.02. The van der Waals surface area contributed by atoms with Gasteiger partial charge in [0.15, 0.2) is 0 Å². The van der Waals surface area contributed by atoms with Gasteiger partial charge in [0.2, 0.25) is 0 Å². The number of alkyl halides is 2. The average Bonchev–Trinajstić information content (AvgIpc) is 2.09. The van der Waals surface area contributed by atoms with Crippen molar-refractivity contribution in [3.05, 3.63) is 34.6 Å². The molecule has 5 heteroatoms. The molecule has 0 fully saturated rings. The first kappa shape index (κ1) is 11.3. The molecule has 0 saturated heterocycles. The highest BCUT2D eigenvalue weighted by molar-refractivity contribution is 6.31. The Morgan fingerprint density at radius 2 is 2.00 bits per heavy atom. The van der Waals surface area contributed by atoms with Gasteiger partial charge in [-0.1, -0.05) is 23.7 Å². The molecule has 0 amide bonds. The van der Waals surface area contributed by atoms with Crippen LogP contribution in [0.2, 0.25) is 5.02 Å². The maximum absolute atomic E-state index is 13.3. The smallest absolute Gasteiger partial charge is 0.276 e. The summed E-state index contributed by atoms with van der Waals surface area (Å²) < 4.78 is 39.4. The Labute approximate surface area is 84.7 Å². The van der Waals surface area contributed by atoms with E-state index in [9.17, 15) is 13.2 Å². The van der Waals surface area contributed by atoms with E-state index in [1.165, 1.54) is 6.07 Å². The van der Waals surface area contributed by atoms with Crippen molar-refractivity contribution in [2.45, 2.75) is 12.3 Å². The zero-order chi connectivity index (χ0) is 10.8. The number of halogens is 4. The van der Waals surface area contributed by atoms with Crippen LogP contribution in [0.4, 0.5) is 13.2 Å². The monoisotopic (exact) mass is 223 g/mol. The Morgan fingerprint density at radius 3 is 2.57 bits per heavy atom. The SMILES string of the molecule is NCCC(F)(F)c1cccc(F)c1Cl. The van der Waals surface area contributed by atoms with Crippen LogP contribution in [0.3, 0.4) is 0 Å². The summed E-state index contributed by atoms with van der Waals surface area (Å²) in [7, 11) is 0. The number of rotatable bonds is 3. The minimum atomic E-state index is -3.17. The third-order valence-corrected chi connectivity index (χ3v) is 2.19. The number of hydrogen-bond donors (Lipinski definition) is 1. The van der Waals surface area contributed by atoms with E-state index >= 15 is 0 Å². The molecule has 78 valence electrons. The number of nitrogens with two attached hydrogens (primary N) is 1. The lowest BCUT2D eigenvalue weighted by atomic mass is 10.1. The molecule has 0 aliphatic carbocycles. The fraction of sp³-hybridized carbons (Fsp3) is 0.333. The Kier molecular flexibility index (Phi) is 3.39. The van der Waals surface area contributed by atoms with Gasteiger partial charge in [0.05, 0.1) is 5.02 Å². The van der Waals surface area contributed by atoms with Gasteiger partial charge in [-0.2, -0.15) is 0 Å². The van der Waals surface area contributed by atoms with Crippen LogP contribution in [-0.4, -0.2) is 6.54 Å². The topological polar surface area (TPSA) is 26.0 Å². The van der Waals surface area contributed by atoms with Crippen molar-refractivity contribution in [3.8, 4) is 0 Å². The summed E-state index contributed by atoms with van der Waals surface area (Å²) in [5.41, 5.74) is 4.51. The molecule has 1 aromatic carbocycles. The summed E-state index contributed by atoms with van der Waals surface area (Å²) in [6, 6.07) is 3.33. The van der Waals surface area contributed by atoms with Crippen molar-refractivity contribution in [1.82, 2.24) is 0 Å². The van der Waals surface area contributed by atoms with Gasteiger partial charge >= 0.3 is 0 Å². The van der Waals surface area contributed by atoms with Crippen LogP contribution in [-0.2, 0) is 5.92 Å². The molecule has 0 aliphatic rings. The van der Waals surface area contributed by atoms with Crippen LogP contribution in [0.5, 0.6) is 0 Å². The molecule has 1 rings (SSSR count). The first-order valence-corrected chi connectivity index (χ1v) is 4.39. The Hall–Kier alpha value is -0.740. The highest BCUT2D eigenvalue weighted by Crippen LogP contribution is 2.36. The van der Waals surface area contributed by atoms with Crippen LogP contribution in [0, 0.1) is 5.82 Å². The lowest BCUT2D eigenvalue weighted by Crippen LogP contribution is -2.19. The standard InChI is InChI=1S/C9H9ClF3N/c10-8-6(2-1-3-7(8)11)9(12,13)4-5-14/h1-3H,4-5,14H2. The maximum Gasteiger partial charge on any atom is 0.276 e. The van der Waals surface area contributed by atoms with E-state index in [-0.39, 0.29) is 6.54 Å². The average molecular weight is 224 g/mol. The Morgan fingerprint density at radius 1 is 1.36 bits per heavy atom. The van der Waals surface area contributed by atoms with Crippen LogP contribution in [0.1, 0.15) is 12.0 Å². The lowest BCUT2D eigenvalue weighted by Gasteiger charge is -2.17. The zero-order valence-electron chi connectivity index (χ0n) is 7.24. The molecule has 0 heterocycles. The first-order valence-electron chi connectivity index (χ1n) is 4.01.